The maximum Gasteiger partial charge on any atom is 0.0897 e. The van der Waals surface area contributed by atoms with Gasteiger partial charge in [-0.1, -0.05) is 20.8 Å². The van der Waals surface area contributed by atoms with Crippen LogP contribution in [0.2, 0.25) is 0 Å². The first-order valence-corrected chi connectivity index (χ1v) is 7.08. The standard InChI is InChI=1S/C14H31NO3/c1-5-13(10-17-4)15-9-14(16)11-18-8-6-7-12(2)3/h12-16H,5-11H2,1-4H3. The summed E-state index contributed by atoms with van der Waals surface area (Å²) in [5.41, 5.74) is 0. The van der Waals surface area contributed by atoms with E-state index in [9.17, 15) is 5.11 Å². The molecule has 0 aromatic heterocycles. The van der Waals surface area contributed by atoms with Crippen molar-refractivity contribution in [1.29, 1.82) is 0 Å². The average Bonchev–Trinajstić information content (AvgIpc) is 2.33. The maximum absolute atomic E-state index is 9.74. The lowest BCUT2D eigenvalue weighted by Gasteiger charge is -2.18. The summed E-state index contributed by atoms with van der Waals surface area (Å²) in [4.78, 5) is 0. The minimum Gasteiger partial charge on any atom is -0.389 e. The fraction of sp³-hybridized carbons (Fsp3) is 1.00. The first-order chi connectivity index (χ1) is 8.60. The Labute approximate surface area is 112 Å². The second-order valence-electron chi connectivity index (χ2n) is 5.23. The molecule has 0 spiro atoms. The van der Waals surface area contributed by atoms with Gasteiger partial charge in [-0.25, -0.2) is 0 Å². The summed E-state index contributed by atoms with van der Waals surface area (Å²) in [6.07, 6.45) is 2.81. The summed E-state index contributed by atoms with van der Waals surface area (Å²) in [6, 6.07) is 0.311. The molecule has 4 nitrogen and oxygen atoms in total. The third-order valence-electron chi connectivity index (χ3n) is 2.88. The number of hydrogen-bond acceptors (Lipinski definition) is 4. The van der Waals surface area contributed by atoms with Gasteiger partial charge in [0.15, 0.2) is 0 Å². The molecule has 0 heterocycles. The summed E-state index contributed by atoms with van der Waals surface area (Å²) in [7, 11) is 1.69. The van der Waals surface area contributed by atoms with Crippen LogP contribution in [0, 0.1) is 5.92 Å². The van der Waals surface area contributed by atoms with E-state index in [4.69, 9.17) is 9.47 Å². The SMILES string of the molecule is CCC(COC)NCC(O)COCCCC(C)C. The summed E-state index contributed by atoms with van der Waals surface area (Å²) < 4.78 is 10.5. The van der Waals surface area contributed by atoms with Crippen LogP contribution in [0.1, 0.15) is 40.0 Å². The van der Waals surface area contributed by atoms with Crippen molar-refractivity contribution in [1.82, 2.24) is 5.32 Å². The normalized spacial score (nSPS) is 15.0. The van der Waals surface area contributed by atoms with Crippen LogP contribution in [-0.2, 0) is 9.47 Å². The van der Waals surface area contributed by atoms with Crippen molar-refractivity contribution in [3.63, 3.8) is 0 Å². The molecule has 0 amide bonds. The Hall–Kier alpha value is -0.160. The summed E-state index contributed by atoms with van der Waals surface area (Å²) in [6.45, 7) is 8.91. The topological polar surface area (TPSA) is 50.7 Å². The Morgan fingerprint density at radius 3 is 2.50 bits per heavy atom. The molecule has 0 aromatic rings. The molecule has 0 aliphatic heterocycles. The van der Waals surface area contributed by atoms with Crippen molar-refractivity contribution in [2.75, 3.05) is 33.5 Å². The molecule has 0 bridgehead atoms. The molecule has 0 radical (unpaired) electrons. The van der Waals surface area contributed by atoms with Crippen LogP contribution in [0.25, 0.3) is 0 Å². The second kappa shape index (κ2) is 11.9. The highest BCUT2D eigenvalue weighted by molar-refractivity contribution is 4.67. The van der Waals surface area contributed by atoms with Gasteiger partial charge in [0.25, 0.3) is 0 Å². The Bertz CT molecular complexity index is 176. The van der Waals surface area contributed by atoms with E-state index in [1.54, 1.807) is 7.11 Å². The highest BCUT2D eigenvalue weighted by atomic mass is 16.5. The van der Waals surface area contributed by atoms with Crippen molar-refractivity contribution in [2.24, 2.45) is 5.92 Å². The number of methoxy groups -OCH3 is 1. The first-order valence-electron chi connectivity index (χ1n) is 7.08. The zero-order valence-electron chi connectivity index (χ0n) is 12.4. The van der Waals surface area contributed by atoms with Crippen molar-refractivity contribution < 1.29 is 14.6 Å². The molecule has 2 N–H and O–H groups in total. The van der Waals surface area contributed by atoms with Crippen LogP contribution in [0.3, 0.4) is 0 Å². The summed E-state index contributed by atoms with van der Waals surface area (Å²) in [5.74, 6) is 0.722. The molecular weight excluding hydrogens is 230 g/mol. The van der Waals surface area contributed by atoms with Gasteiger partial charge in [-0.2, -0.15) is 0 Å². The van der Waals surface area contributed by atoms with Crippen LogP contribution in [0.5, 0.6) is 0 Å². The van der Waals surface area contributed by atoms with Crippen molar-refractivity contribution in [2.45, 2.75) is 52.2 Å². The smallest absolute Gasteiger partial charge is 0.0897 e. The highest BCUT2D eigenvalue weighted by Gasteiger charge is 2.09. The fourth-order valence-corrected chi connectivity index (χ4v) is 1.70. The van der Waals surface area contributed by atoms with E-state index >= 15 is 0 Å². The van der Waals surface area contributed by atoms with E-state index in [1.807, 2.05) is 0 Å². The largest absolute Gasteiger partial charge is 0.389 e. The number of nitrogens with one attached hydrogen (secondary N) is 1. The molecule has 0 saturated carbocycles. The minimum absolute atomic E-state index is 0.311. The quantitative estimate of drug-likeness (QED) is 0.526. The van der Waals surface area contributed by atoms with Gasteiger partial charge in [0.05, 0.1) is 19.3 Å². The number of rotatable bonds is 12. The molecule has 110 valence electrons. The Morgan fingerprint density at radius 1 is 1.22 bits per heavy atom. The van der Waals surface area contributed by atoms with Crippen LogP contribution in [-0.4, -0.2) is 50.7 Å². The van der Waals surface area contributed by atoms with Crippen molar-refractivity contribution in [3.05, 3.63) is 0 Å². The number of ether oxygens (including phenoxy) is 2. The second-order valence-corrected chi connectivity index (χ2v) is 5.23. The third kappa shape index (κ3) is 11.0. The average molecular weight is 261 g/mol. The van der Waals surface area contributed by atoms with Crippen LogP contribution in [0.4, 0.5) is 0 Å². The molecular formula is C14H31NO3. The highest BCUT2D eigenvalue weighted by Crippen LogP contribution is 2.03. The molecule has 2 atom stereocenters. The third-order valence-corrected chi connectivity index (χ3v) is 2.88. The Morgan fingerprint density at radius 2 is 1.94 bits per heavy atom. The van der Waals surface area contributed by atoms with Gasteiger partial charge in [0.1, 0.15) is 0 Å². The Balaban J connectivity index is 3.44. The zero-order chi connectivity index (χ0) is 13.8. The fourth-order valence-electron chi connectivity index (χ4n) is 1.70. The molecule has 18 heavy (non-hydrogen) atoms. The first kappa shape index (κ1) is 17.8. The molecule has 0 rings (SSSR count). The lowest BCUT2D eigenvalue weighted by Crippen LogP contribution is -2.39. The minimum atomic E-state index is -0.435. The molecule has 0 fully saturated rings. The van der Waals surface area contributed by atoms with Crippen LogP contribution < -0.4 is 5.32 Å². The predicted molar refractivity (Wildman–Crippen MR) is 74.9 cm³/mol. The van der Waals surface area contributed by atoms with Gasteiger partial charge in [-0.05, 0) is 25.2 Å². The van der Waals surface area contributed by atoms with Gasteiger partial charge < -0.3 is 19.9 Å². The van der Waals surface area contributed by atoms with Crippen LogP contribution in [0.15, 0.2) is 0 Å². The predicted octanol–water partition coefficient (Wildman–Crippen LogP) is 1.81. The molecule has 0 aromatic carbocycles. The Kier molecular flexibility index (Phi) is 11.8. The summed E-state index contributed by atoms with van der Waals surface area (Å²) in [5, 5.41) is 13.0. The van der Waals surface area contributed by atoms with Gasteiger partial charge in [0, 0.05) is 26.3 Å². The van der Waals surface area contributed by atoms with Gasteiger partial charge in [0.2, 0.25) is 0 Å². The van der Waals surface area contributed by atoms with Gasteiger partial charge >= 0.3 is 0 Å². The van der Waals surface area contributed by atoms with E-state index in [0.29, 0.717) is 25.8 Å². The molecule has 0 aliphatic carbocycles. The molecule has 0 aliphatic rings. The summed E-state index contributed by atoms with van der Waals surface area (Å²) >= 11 is 0. The number of hydrogen-bond donors (Lipinski definition) is 2. The van der Waals surface area contributed by atoms with Crippen LogP contribution >= 0.6 is 0 Å². The monoisotopic (exact) mass is 261 g/mol. The zero-order valence-corrected chi connectivity index (χ0v) is 12.4. The van der Waals surface area contributed by atoms with Crippen molar-refractivity contribution in [3.8, 4) is 0 Å². The molecule has 2 unspecified atom stereocenters. The van der Waals surface area contributed by atoms with Crippen molar-refractivity contribution >= 4 is 0 Å². The van der Waals surface area contributed by atoms with E-state index in [-0.39, 0.29) is 0 Å². The van der Waals surface area contributed by atoms with Gasteiger partial charge in [-0.3, -0.25) is 0 Å². The van der Waals surface area contributed by atoms with Gasteiger partial charge in [-0.15, -0.1) is 0 Å². The van der Waals surface area contributed by atoms with E-state index in [1.165, 1.54) is 6.42 Å². The molecule has 4 heteroatoms. The van der Waals surface area contributed by atoms with E-state index in [2.05, 4.69) is 26.1 Å². The lowest BCUT2D eigenvalue weighted by atomic mass is 10.1. The maximum atomic E-state index is 9.74. The number of aliphatic hydroxyl groups excluding tert-OH is 1. The van der Waals surface area contributed by atoms with E-state index in [0.717, 1.165) is 25.4 Å². The number of aliphatic hydroxyl groups is 1. The molecule has 0 saturated heterocycles. The lowest BCUT2D eigenvalue weighted by molar-refractivity contribution is 0.0315. The van der Waals surface area contributed by atoms with E-state index < -0.39 is 6.10 Å².